The number of nitrogens with zero attached hydrogens (tertiary/aromatic N) is 2. The molecule has 0 spiro atoms. The van der Waals surface area contributed by atoms with Crippen LogP contribution in [0.3, 0.4) is 0 Å². The third kappa shape index (κ3) is 3.41. The van der Waals surface area contributed by atoms with Crippen molar-refractivity contribution in [1.82, 2.24) is 4.90 Å². The van der Waals surface area contributed by atoms with Crippen molar-refractivity contribution in [2.75, 3.05) is 13.1 Å². The molecule has 0 aromatic heterocycles. The number of likely N-dealkylation sites (tertiary alicyclic amines) is 1. The average Bonchev–Trinajstić information content (AvgIpc) is 2.27. The van der Waals surface area contributed by atoms with Crippen molar-refractivity contribution in [2.45, 2.75) is 39.7 Å². The van der Waals surface area contributed by atoms with Crippen molar-refractivity contribution in [1.29, 1.82) is 5.26 Å². The van der Waals surface area contributed by atoms with Crippen LogP contribution in [0, 0.1) is 23.2 Å². The standard InChI is InChI=1S/C12H20N2O2/c1-9(2)16-12(15)14-6-4-11(5-7-14)10(3)8-13/h9-11H,4-7H2,1-3H3/t10-/m1/s1. The summed E-state index contributed by atoms with van der Waals surface area (Å²) >= 11 is 0. The lowest BCUT2D eigenvalue weighted by atomic mass is 9.86. The predicted octanol–water partition coefficient (Wildman–Crippen LogP) is 2.40. The SMILES string of the molecule is CC(C)OC(=O)N1CCC([C@H](C)C#N)CC1. The first-order valence-electron chi connectivity index (χ1n) is 5.89. The zero-order valence-electron chi connectivity index (χ0n) is 10.3. The number of rotatable bonds is 2. The molecular formula is C12H20N2O2. The molecule has 4 heteroatoms. The molecule has 16 heavy (non-hydrogen) atoms. The summed E-state index contributed by atoms with van der Waals surface area (Å²) in [7, 11) is 0. The fourth-order valence-electron chi connectivity index (χ4n) is 1.96. The van der Waals surface area contributed by atoms with Crippen molar-refractivity contribution in [2.24, 2.45) is 11.8 Å². The lowest BCUT2D eigenvalue weighted by Gasteiger charge is -2.32. The molecule has 1 amide bonds. The molecule has 0 aliphatic carbocycles. The topological polar surface area (TPSA) is 53.3 Å². The van der Waals surface area contributed by atoms with E-state index in [-0.39, 0.29) is 18.1 Å². The normalized spacial score (nSPS) is 19.3. The molecule has 1 aliphatic heterocycles. The van der Waals surface area contributed by atoms with E-state index in [1.807, 2.05) is 20.8 Å². The Balaban J connectivity index is 2.37. The van der Waals surface area contributed by atoms with Gasteiger partial charge in [0, 0.05) is 19.0 Å². The molecule has 1 rings (SSSR count). The molecule has 1 atom stereocenters. The lowest BCUT2D eigenvalue weighted by Crippen LogP contribution is -2.40. The molecule has 0 aromatic carbocycles. The van der Waals surface area contributed by atoms with E-state index in [0.29, 0.717) is 19.0 Å². The number of ether oxygens (including phenoxy) is 1. The van der Waals surface area contributed by atoms with E-state index in [4.69, 9.17) is 10.00 Å². The van der Waals surface area contributed by atoms with Crippen LogP contribution in [0.4, 0.5) is 4.79 Å². The van der Waals surface area contributed by atoms with Crippen LogP contribution in [0.1, 0.15) is 33.6 Å². The van der Waals surface area contributed by atoms with E-state index in [1.165, 1.54) is 0 Å². The molecule has 0 aromatic rings. The molecule has 0 radical (unpaired) electrons. The van der Waals surface area contributed by atoms with Gasteiger partial charge in [-0.3, -0.25) is 0 Å². The van der Waals surface area contributed by atoms with Crippen molar-refractivity contribution in [3.63, 3.8) is 0 Å². The lowest BCUT2D eigenvalue weighted by molar-refractivity contribution is 0.0630. The summed E-state index contributed by atoms with van der Waals surface area (Å²) in [6, 6.07) is 2.28. The van der Waals surface area contributed by atoms with Crippen LogP contribution in [0.25, 0.3) is 0 Å². The second-order valence-corrected chi connectivity index (χ2v) is 4.67. The number of hydrogen-bond donors (Lipinski definition) is 0. The molecule has 4 nitrogen and oxygen atoms in total. The van der Waals surface area contributed by atoms with Gasteiger partial charge in [0.2, 0.25) is 0 Å². The summed E-state index contributed by atoms with van der Waals surface area (Å²) in [5.74, 6) is 0.511. The van der Waals surface area contributed by atoms with Crippen LogP contribution >= 0.6 is 0 Å². The molecular weight excluding hydrogens is 204 g/mol. The average molecular weight is 224 g/mol. The summed E-state index contributed by atoms with van der Waals surface area (Å²) < 4.78 is 5.13. The minimum absolute atomic E-state index is 0.0664. The molecule has 0 bridgehead atoms. The van der Waals surface area contributed by atoms with Crippen molar-refractivity contribution in [3.8, 4) is 6.07 Å². The Morgan fingerprint density at radius 3 is 2.38 bits per heavy atom. The van der Waals surface area contributed by atoms with Crippen molar-refractivity contribution >= 4 is 6.09 Å². The Hall–Kier alpha value is -1.24. The zero-order chi connectivity index (χ0) is 12.1. The van der Waals surface area contributed by atoms with Crippen LogP contribution in [0.5, 0.6) is 0 Å². The second kappa shape index (κ2) is 5.74. The molecule has 1 saturated heterocycles. The fourth-order valence-corrected chi connectivity index (χ4v) is 1.96. The third-order valence-electron chi connectivity index (χ3n) is 3.05. The highest BCUT2D eigenvalue weighted by molar-refractivity contribution is 5.67. The Kier molecular flexibility index (Phi) is 4.60. The van der Waals surface area contributed by atoms with Gasteiger partial charge in [0.15, 0.2) is 0 Å². The number of amides is 1. The number of nitriles is 1. The van der Waals surface area contributed by atoms with Gasteiger partial charge in [0.05, 0.1) is 12.2 Å². The largest absolute Gasteiger partial charge is 0.447 e. The number of hydrogen-bond acceptors (Lipinski definition) is 3. The highest BCUT2D eigenvalue weighted by atomic mass is 16.6. The molecule has 1 heterocycles. The van der Waals surface area contributed by atoms with Crippen LogP contribution < -0.4 is 0 Å². The smallest absolute Gasteiger partial charge is 0.410 e. The van der Waals surface area contributed by atoms with Gasteiger partial charge in [0.25, 0.3) is 0 Å². The molecule has 1 fully saturated rings. The maximum atomic E-state index is 11.6. The summed E-state index contributed by atoms with van der Waals surface area (Å²) in [6.07, 6.45) is 1.52. The summed E-state index contributed by atoms with van der Waals surface area (Å²) in [6.45, 7) is 7.07. The highest BCUT2D eigenvalue weighted by Crippen LogP contribution is 2.24. The first-order valence-corrected chi connectivity index (χ1v) is 5.89. The molecule has 0 N–H and O–H groups in total. The van der Waals surface area contributed by atoms with Crippen LogP contribution in [0.2, 0.25) is 0 Å². The minimum Gasteiger partial charge on any atom is -0.447 e. The van der Waals surface area contributed by atoms with Gasteiger partial charge in [-0.05, 0) is 39.5 Å². The zero-order valence-corrected chi connectivity index (χ0v) is 10.3. The highest BCUT2D eigenvalue weighted by Gasteiger charge is 2.27. The number of carbonyl (C=O) groups excluding carboxylic acids is 1. The monoisotopic (exact) mass is 224 g/mol. The van der Waals surface area contributed by atoms with Crippen molar-refractivity contribution < 1.29 is 9.53 Å². The first-order chi connectivity index (χ1) is 7.54. The second-order valence-electron chi connectivity index (χ2n) is 4.67. The maximum Gasteiger partial charge on any atom is 0.410 e. The molecule has 0 saturated carbocycles. The van der Waals surface area contributed by atoms with E-state index in [2.05, 4.69) is 6.07 Å². The summed E-state index contributed by atoms with van der Waals surface area (Å²) in [5, 5.41) is 8.83. The van der Waals surface area contributed by atoms with E-state index in [1.54, 1.807) is 4.90 Å². The van der Waals surface area contributed by atoms with E-state index < -0.39 is 0 Å². The molecule has 1 aliphatic rings. The predicted molar refractivity (Wildman–Crippen MR) is 60.7 cm³/mol. The molecule has 0 unspecified atom stereocenters. The van der Waals surface area contributed by atoms with Gasteiger partial charge < -0.3 is 9.64 Å². The summed E-state index contributed by atoms with van der Waals surface area (Å²) in [5.41, 5.74) is 0. The van der Waals surface area contributed by atoms with Gasteiger partial charge >= 0.3 is 6.09 Å². The van der Waals surface area contributed by atoms with Gasteiger partial charge in [-0.15, -0.1) is 0 Å². The minimum atomic E-state index is -0.224. The van der Waals surface area contributed by atoms with Gasteiger partial charge in [0.1, 0.15) is 0 Å². The van der Waals surface area contributed by atoms with Crippen LogP contribution in [-0.4, -0.2) is 30.2 Å². The maximum absolute atomic E-state index is 11.6. The Morgan fingerprint density at radius 1 is 1.38 bits per heavy atom. The van der Waals surface area contributed by atoms with E-state index in [9.17, 15) is 4.79 Å². The Bertz CT molecular complexity index is 275. The fraction of sp³-hybridized carbons (Fsp3) is 0.833. The first kappa shape index (κ1) is 12.8. The van der Waals surface area contributed by atoms with E-state index in [0.717, 1.165) is 12.8 Å². The van der Waals surface area contributed by atoms with Crippen LogP contribution in [-0.2, 0) is 4.74 Å². The number of piperidine rings is 1. The third-order valence-corrected chi connectivity index (χ3v) is 3.05. The van der Waals surface area contributed by atoms with Gasteiger partial charge in [-0.1, -0.05) is 0 Å². The van der Waals surface area contributed by atoms with Crippen molar-refractivity contribution in [3.05, 3.63) is 0 Å². The molecule has 90 valence electrons. The van der Waals surface area contributed by atoms with Gasteiger partial charge in [-0.2, -0.15) is 5.26 Å². The summed E-state index contributed by atoms with van der Waals surface area (Å²) in [4.78, 5) is 13.3. The quantitative estimate of drug-likeness (QED) is 0.723. The number of carbonyl (C=O) groups is 1. The Morgan fingerprint density at radius 2 is 1.94 bits per heavy atom. The Labute approximate surface area is 97.2 Å². The van der Waals surface area contributed by atoms with Gasteiger partial charge in [-0.25, -0.2) is 4.79 Å². The van der Waals surface area contributed by atoms with E-state index >= 15 is 0 Å². The van der Waals surface area contributed by atoms with Crippen LogP contribution in [0.15, 0.2) is 0 Å².